The molecule has 22 heavy (non-hydrogen) atoms. The van der Waals surface area contributed by atoms with Crippen LogP contribution in [0.1, 0.15) is 11.3 Å². The van der Waals surface area contributed by atoms with Crippen LogP contribution in [-0.2, 0) is 24.3 Å². The summed E-state index contributed by atoms with van der Waals surface area (Å²) in [6.45, 7) is 1.93. The second-order valence-electron chi connectivity index (χ2n) is 5.59. The minimum atomic E-state index is -0.126. The molecule has 0 fully saturated rings. The Hall–Kier alpha value is -1.95. The topological polar surface area (TPSA) is 56.2 Å². The molecule has 1 N–H and O–H groups in total. The van der Waals surface area contributed by atoms with Crippen molar-refractivity contribution in [1.29, 1.82) is 0 Å². The van der Waals surface area contributed by atoms with Crippen molar-refractivity contribution in [3.05, 3.63) is 41.7 Å². The zero-order valence-corrected chi connectivity index (χ0v) is 12.9. The van der Waals surface area contributed by atoms with Gasteiger partial charge in [0.1, 0.15) is 12.4 Å². The number of aryl methyl sites for hydroxylation is 1. The minimum absolute atomic E-state index is 0.0373. The van der Waals surface area contributed by atoms with E-state index in [1.807, 2.05) is 30.5 Å². The fourth-order valence-corrected chi connectivity index (χ4v) is 3.83. The standard InChI is InChI=1S/C16H17N3O2S/c20-15(12-7-11-3-1-2-4-14(11)21-10-12)17-8-13-9-19-5-6-22-16(19)18-13/h1-4,9,12H,5-8,10H2,(H,17,20)/t12-/m0/s1. The van der Waals surface area contributed by atoms with E-state index in [2.05, 4.69) is 14.9 Å². The van der Waals surface area contributed by atoms with Crippen LogP contribution in [0.5, 0.6) is 5.75 Å². The molecule has 0 unspecified atom stereocenters. The Morgan fingerprint density at radius 2 is 2.36 bits per heavy atom. The molecule has 1 amide bonds. The highest BCUT2D eigenvalue weighted by atomic mass is 32.2. The van der Waals surface area contributed by atoms with Crippen LogP contribution in [0.25, 0.3) is 0 Å². The van der Waals surface area contributed by atoms with E-state index in [0.29, 0.717) is 13.2 Å². The Balaban J connectivity index is 1.36. The number of imidazole rings is 1. The number of para-hydroxylation sites is 1. The first-order chi connectivity index (χ1) is 10.8. The molecule has 1 aromatic carbocycles. The van der Waals surface area contributed by atoms with Crippen molar-refractivity contribution in [2.75, 3.05) is 12.4 Å². The van der Waals surface area contributed by atoms with Gasteiger partial charge in [0.05, 0.1) is 18.2 Å². The predicted octanol–water partition coefficient (Wildman–Crippen LogP) is 1.86. The number of hydrogen-bond donors (Lipinski definition) is 1. The highest BCUT2D eigenvalue weighted by Crippen LogP contribution is 2.27. The van der Waals surface area contributed by atoms with Gasteiger partial charge >= 0.3 is 0 Å². The summed E-state index contributed by atoms with van der Waals surface area (Å²) in [4.78, 5) is 16.8. The van der Waals surface area contributed by atoms with Gasteiger partial charge in [0.15, 0.2) is 5.16 Å². The van der Waals surface area contributed by atoms with Gasteiger partial charge in [0.25, 0.3) is 0 Å². The number of hydrogen-bond acceptors (Lipinski definition) is 4. The lowest BCUT2D eigenvalue weighted by Crippen LogP contribution is -2.37. The number of aromatic nitrogens is 2. The zero-order valence-electron chi connectivity index (χ0n) is 12.1. The molecular formula is C16H17N3O2S. The van der Waals surface area contributed by atoms with E-state index < -0.39 is 0 Å². The number of nitrogens with one attached hydrogen (secondary N) is 1. The van der Waals surface area contributed by atoms with Gasteiger partial charge in [-0.3, -0.25) is 4.79 Å². The first-order valence-corrected chi connectivity index (χ1v) is 8.45. The van der Waals surface area contributed by atoms with Crippen LogP contribution in [0, 0.1) is 5.92 Å². The van der Waals surface area contributed by atoms with Crippen LogP contribution in [0.4, 0.5) is 0 Å². The van der Waals surface area contributed by atoms with E-state index in [1.165, 1.54) is 0 Å². The lowest BCUT2D eigenvalue weighted by molar-refractivity contribution is -0.126. The highest BCUT2D eigenvalue weighted by Gasteiger charge is 2.25. The fourth-order valence-electron chi connectivity index (χ4n) is 2.87. The lowest BCUT2D eigenvalue weighted by atomic mass is 9.96. The van der Waals surface area contributed by atoms with Crippen LogP contribution < -0.4 is 10.1 Å². The SMILES string of the molecule is O=C(NCc1cn2c(n1)SCC2)[C@@H]1COc2ccccc2C1. The average Bonchev–Trinajstić information content (AvgIpc) is 3.13. The van der Waals surface area contributed by atoms with E-state index >= 15 is 0 Å². The van der Waals surface area contributed by atoms with Crippen LogP contribution in [0.2, 0.25) is 0 Å². The molecule has 2 aromatic rings. The maximum Gasteiger partial charge on any atom is 0.227 e. The molecule has 6 heteroatoms. The number of thioether (sulfide) groups is 1. The van der Waals surface area contributed by atoms with Crippen molar-refractivity contribution in [2.45, 2.75) is 24.7 Å². The second kappa shape index (κ2) is 5.68. The smallest absolute Gasteiger partial charge is 0.227 e. The van der Waals surface area contributed by atoms with Crippen LogP contribution >= 0.6 is 11.8 Å². The molecule has 2 aliphatic rings. The third kappa shape index (κ3) is 2.59. The van der Waals surface area contributed by atoms with E-state index in [4.69, 9.17) is 4.74 Å². The Morgan fingerprint density at radius 3 is 3.27 bits per heavy atom. The molecule has 0 saturated heterocycles. The number of benzene rings is 1. The Kier molecular flexibility index (Phi) is 3.54. The van der Waals surface area contributed by atoms with Gasteiger partial charge in [-0.25, -0.2) is 4.98 Å². The zero-order chi connectivity index (χ0) is 14.9. The second-order valence-corrected chi connectivity index (χ2v) is 6.66. The molecule has 5 nitrogen and oxygen atoms in total. The summed E-state index contributed by atoms with van der Waals surface area (Å²) < 4.78 is 7.82. The molecule has 0 aliphatic carbocycles. The van der Waals surface area contributed by atoms with Gasteiger partial charge in [-0.1, -0.05) is 30.0 Å². The number of ether oxygens (including phenoxy) is 1. The summed E-state index contributed by atoms with van der Waals surface area (Å²) in [7, 11) is 0. The molecular weight excluding hydrogens is 298 g/mol. The monoisotopic (exact) mass is 315 g/mol. The normalized spacial score (nSPS) is 19.2. The lowest BCUT2D eigenvalue weighted by Gasteiger charge is -2.24. The molecule has 114 valence electrons. The molecule has 0 spiro atoms. The molecule has 1 atom stereocenters. The maximum atomic E-state index is 12.3. The van der Waals surface area contributed by atoms with Crippen LogP contribution in [-0.4, -0.2) is 27.8 Å². The summed E-state index contributed by atoms with van der Waals surface area (Å²) in [5.41, 5.74) is 2.03. The van der Waals surface area contributed by atoms with E-state index in [1.54, 1.807) is 11.8 Å². The van der Waals surface area contributed by atoms with E-state index in [9.17, 15) is 4.79 Å². The van der Waals surface area contributed by atoms with Crippen molar-refractivity contribution < 1.29 is 9.53 Å². The molecule has 2 aliphatic heterocycles. The van der Waals surface area contributed by atoms with E-state index in [0.717, 1.165) is 40.9 Å². The Bertz CT molecular complexity index is 692. The predicted molar refractivity (Wildman–Crippen MR) is 83.9 cm³/mol. The fraction of sp³-hybridized carbons (Fsp3) is 0.375. The van der Waals surface area contributed by atoms with Crippen molar-refractivity contribution >= 4 is 17.7 Å². The summed E-state index contributed by atoms with van der Waals surface area (Å²) >= 11 is 1.76. The molecule has 0 bridgehead atoms. The van der Waals surface area contributed by atoms with Crippen molar-refractivity contribution in [1.82, 2.24) is 14.9 Å². The quantitative estimate of drug-likeness (QED) is 0.939. The van der Waals surface area contributed by atoms with Crippen molar-refractivity contribution in [3.63, 3.8) is 0 Å². The molecule has 0 saturated carbocycles. The molecule has 4 rings (SSSR count). The third-order valence-electron chi connectivity index (χ3n) is 4.05. The first-order valence-electron chi connectivity index (χ1n) is 7.47. The van der Waals surface area contributed by atoms with Gasteiger partial charge in [-0.2, -0.15) is 0 Å². The third-order valence-corrected chi connectivity index (χ3v) is 5.02. The van der Waals surface area contributed by atoms with Gasteiger partial charge < -0.3 is 14.6 Å². The summed E-state index contributed by atoms with van der Waals surface area (Å²) in [5, 5.41) is 4.04. The average molecular weight is 315 g/mol. The highest BCUT2D eigenvalue weighted by molar-refractivity contribution is 7.99. The van der Waals surface area contributed by atoms with Crippen molar-refractivity contribution in [2.24, 2.45) is 5.92 Å². The Morgan fingerprint density at radius 1 is 1.45 bits per heavy atom. The largest absolute Gasteiger partial charge is 0.492 e. The maximum absolute atomic E-state index is 12.3. The number of amides is 1. The Labute approximate surface area is 133 Å². The van der Waals surface area contributed by atoms with Crippen molar-refractivity contribution in [3.8, 4) is 5.75 Å². The number of nitrogens with zero attached hydrogens (tertiary/aromatic N) is 2. The summed E-state index contributed by atoms with van der Waals surface area (Å²) in [6, 6.07) is 7.90. The first kappa shape index (κ1) is 13.7. The van der Waals surface area contributed by atoms with Gasteiger partial charge in [0.2, 0.25) is 5.91 Å². The summed E-state index contributed by atoms with van der Waals surface area (Å²) in [5.74, 6) is 1.90. The van der Waals surface area contributed by atoms with Gasteiger partial charge in [0, 0.05) is 18.5 Å². The molecule has 1 aromatic heterocycles. The molecule has 3 heterocycles. The number of carbonyl (C=O) groups excluding carboxylic acids is 1. The number of carbonyl (C=O) groups is 1. The molecule has 0 radical (unpaired) electrons. The summed E-state index contributed by atoms with van der Waals surface area (Å²) in [6.07, 6.45) is 2.76. The minimum Gasteiger partial charge on any atom is -0.492 e. The number of fused-ring (bicyclic) bond motifs is 2. The van der Waals surface area contributed by atoms with E-state index in [-0.39, 0.29) is 11.8 Å². The number of rotatable bonds is 3. The van der Waals surface area contributed by atoms with Gasteiger partial charge in [-0.05, 0) is 18.1 Å². The van der Waals surface area contributed by atoms with Crippen LogP contribution in [0.15, 0.2) is 35.6 Å². The van der Waals surface area contributed by atoms with Crippen LogP contribution in [0.3, 0.4) is 0 Å². The van der Waals surface area contributed by atoms with Gasteiger partial charge in [-0.15, -0.1) is 0 Å².